The lowest BCUT2D eigenvalue weighted by Crippen LogP contribution is -2.05. The minimum absolute atomic E-state index is 0.618. The molecule has 0 spiro atoms. The molecule has 3 nitrogen and oxygen atoms in total. The zero-order valence-electron chi connectivity index (χ0n) is 6.25. The second-order valence-corrected chi connectivity index (χ2v) is 2.86. The number of nitrogens with one attached hydrogen (secondary N) is 1. The maximum atomic E-state index is 5.67. The third-order valence-corrected chi connectivity index (χ3v) is 1.76. The average molecular weight is 149 g/mol. The summed E-state index contributed by atoms with van der Waals surface area (Å²) in [5.41, 5.74) is 6.41. The van der Waals surface area contributed by atoms with Crippen LogP contribution in [0.3, 0.4) is 0 Å². The number of nitrogen functional groups attached to an aromatic ring is 1. The van der Waals surface area contributed by atoms with Gasteiger partial charge in [0.25, 0.3) is 0 Å². The smallest absolute Gasteiger partial charge is 0.149 e. The van der Waals surface area contributed by atoms with Gasteiger partial charge < -0.3 is 11.1 Å². The van der Waals surface area contributed by atoms with Gasteiger partial charge in [0.05, 0.1) is 5.69 Å². The van der Waals surface area contributed by atoms with Gasteiger partial charge in [0.1, 0.15) is 5.82 Å². The number of aromatic nitrogens is 1. The van der Waals surface area contributed by atoms with Gasteiger partial charge in [-0.25, -0.2) is 4.98 Å². The Kier molecular flexibility index (Phi) is 1.42. The molecule has 3 heteroatoms. The molecule has 1 saturated carbocycles. The Hall–Kier alpha value is -1.25. The zero-order valence-corrected chi connectivity index (χ0v) is 6.25. The molecule has 11 heavy (non-hydrogen) atoms. The molecule has 0 saturated heterocycles. The lowest BCUT2D eigenvalue weighted by molar-refractivity contribution is 1.12. The standard InChI is InChI=1S/C8H11N3/c9-7-2-1-5-10-8(7)11-6-3-4-6/h1-2,5-6H,3-4,9H2,(H,10,11). The summed E-state index contributed by atoms with van der Waals surface area (Å²) in [5.74, 6) is 0.829. The second kappa shape index (κ2) is 2.42. The molecule has 0 atom stereocenters. The molecule has 0 aromatic carbocycles. The molecule has 1 fully saturated rings. The molecule has 2 rings (SSSR count). The zero-order chi connectivity index (χ0) is 7.68. The molecule has 1 aromatic heterocycles. The van der Waals surface area contributed by atoms with Crippen molar-refractivity contribution in [3.63, 3.8) is 0 Å². The summed E-state index contributed by atoms with van der Waals surface area (Å²) in [6.07, 6.45) is 4.24. The molecule has 58 valence electrons. The lowest BCUT2D eigenvalue weighted by atomic mass is 10.4. The molecule has 0 unspecified atom stereocenters. The van der Waals surface area contributed by atoms with Gasteiger partial charge in [-0.05, 0) is 25.0 Å². The van der Waals surface area contributed by atoms with Crippen LogP contribution in [0.2, 0.25) is 0 Å². The summed E-state index contributed by atoms with van der Waals surface area (Å²) >= 11 is 0. The van der Waals surface area contributed by atoms with E-state index in [0.717, 1.165) is 11.5 Å². The molecule has 3 N–H and O–H groups in total. The maximum Gasteiger partial charge on any atom is 0.149 e. The number of pyridine rings is 1. The van der Waals surface area contributed by atoms with E-state index in [1.54, 1.807) is 6.20 Å². The summed E-state index contributed by atoms with van der Waals surface area (Å²) in [4.78, 5) is 4.12. The van der Waals surface area contributed by atoms with Crippen LogP contribution < -0.4 is 11.1 Å². The molecule has 1 heterocycles. The maximum absolute atomic E-state index is 5.67. The first kappa shape index (κ1) is 6.46. The summed E-state index contributed by atoms with van der Waals surface area (Å²) in [7, 11) is 0. The van der Waals surface area contributed by atoms with Crippen molar-refractivity contribution in [2.45, 2.75) is 18.9 Å². The first-order chi connectivity index (χ1) is 5.36. The van der Waals surface area contributed by atoms with Crippen LogP contribution in [0.15, 0.2) is 18.3 Å². The molecule has 0 bridgehead atoms. The number of hydrogen-bond acceptors (Lipinski definition) is 3. The topological polar surface area (TPSA) is 50.9 Å². The predicted octanol–water partition coefficient (Wildman–Crippen LogP) is 1.24. The van der Waals surface area contributed by atoms with Crippen LogP contribution in [0.4, 0.5) is 11.5 Å². The predicted molar refractivity (Wildman–Crippen MR) is 45.3 cm³/mol. The number of nitrogens with zero attached hydrogens (tertiary/aromatic N) is 1. The Balaban J connectivity index is 2.15. The molecule has 0 aliphatic heterocycles. The van der Waals surface area contributed by atoms with Gasteiger partial charge in [-0.15, -0.1) is 0 Å². The molecular formula is C8H11N3. The van der Waals surface area contributed by atoms with Gasteiger partial charge in [-0.3, -0.25) is 0 Å². The number of nitrogens with two attached hydrogens (primary N) is 1. The minimum atomic E-state index is 0.618. The normalized spacial score (nSPS) is 16.4. The van der Waals surface area contributed by atoms with Crippen molar-refractivity contribution in [3.8, 4) is 0 Å². The summed E-state index contributed by atoms with van der Waals surface area (Å²) < 4.78 is 0. The Morgan fingerprint density at radius 1 is 1.55 bits per heavy atom. The first-order valence-corrected chi connectivity index (χ1v) is 3.83. The van der Waals surface area contributed by atoms with E-state index < -0.39 is 0 Å². The van der Waals surface area contributed by atoms with E-state index in [0.29, 0.717) is 6.04 Å². The van der Waals surface area contributed by atoms with E-state index in [-0.39, 0.29) is 0 Å². The highest BCUT2D eigenvalue weighted by atomic mass is 15.0. The van der Waals surface area contributed by atoms with E-state index >= 15 is 0 Å². The molecule has 0 radical (unpaired) electrons. The van der Waals surface area contributed by atoms with Gasteiger partial charge >= 0.3 is 0 Å². The third kappa shape index (κ3) is 1.42. The van der Waals surface area contributed by atoms with Crippen molar-refractivity contribution < 1.29 is 0 Å². The summed E-state index contributed by atoms with van der Waals surface area (Å²) in [5, 5.41) is 3.25. The van der Waals surface area contributed by atoms with Crippen molar-refractivity contribution in [2.24, 2.45) is 0 Å². The van der Waals surface area contributed by atoms with E-state index in [1.165, 1.54) is 12.8 Å². The highest BCUT2D eigenvalue weighted by molar-refractivity contribution is 5.61. The third-order valence-electron chi connectivity index (χ3n) is 1.76. The molecule has 0 amide bonds. The highest BCUT2D eigenvalue weighted by Crippen LogP contribution is 2.25. The van der Waals surface area contributed by atoms with Gasteiger partial charge in [0.2, 0.25) is 0 Å². The molecule has 1 aliphatic rings. The van der Waals surface area contributed by atoms with E-state index in [4.69, 9.17) is 5.73 Å². The van der Waals surface area contributed by atoms with E-state index in [2.05, 4.69) is 10.3 Å². The van der Waals surface area contributed by atoms with Gasteiger partial charge in [0, 0.05) is 12.2 Å². The number of rotatable bonds is 2. The van der Waals surface area contributed by atoms with Crippen molar-refractivity contribution in [1.29, 1.82) is 0 Å². The van der Waals surface area contributed by atoms with Crippen molar-refractivity contribution in [2.75, 3.05) is 11.1 Å². The highest BCUT2D eigenvalue weighted by Gasteiger charge is 2.21. The molecular weight excluding hydrogens is 138 g/mol. The fourth-order valence-electron chi connectivity index (χ4n) is 0.959. The average Bonchev–Trinajstić information content (AvgIpc) is 2.78. The SMILES string of the molecule is Nc1cccnc1NC1CC1. The Morgan fingerprint density at radius 2 is 2.36 bits per heavy atom. The quantitative estimate of drug-likeness (QED) is 0.665. The van der Waals surface area contributed by atoms with Crippen LogP contribution in [0.5, 0.6) is 0 Å². The number of anilines is 2. The van der Waals surface area contributed by atoms with Crippen LogP contribution in [0.25, 0.3) is 0 Å². The summed E-state index contributed by atoms with van der Waals surface area (Å²) in [6.45, 7) is 0. The Bertz CT molecular complexity index is 255. The van der Waals surface area contributed by atoms with Crippen LogP contribution in [-0.2, 0) is 0 Å². The van der Waals surface area contributed by atoms with Crippen LogP contribution in [-0.4, -0.2) is 11.0 Å². The van der Waals surface area contributed by atoms with E-state index in [1.807, 2.05) is 12.1 Å². The summed E-state index contributed by atoms with van der Waals surface area (Å²) in [6, 6.07) is 4.32. The fraction of sp³-hybridized carbons (Fsp3) is 0.375. The van der Waals surface area contributed by atoms with E-state index in [9.17, 15) is 0 Å². The molecule has 1 aromatic rings. The van der Waals surface area contributed by atoms with Crippen LogP contribution in [0, 0.1) is 0 Å². The van der Waals surface area contributed by atoms with Gasteiger partial charge in [-0.2, -0.15) is 0 Å². The van der Waals surface area contributed by atoms with Crippen molar-refractivity contribution in [1.82, 2.24) is 4.98 Å². The monoisotopic (exact) mass is 149 g/mol. The Morgan fingerprint density at radius 3 is 3.00 bits per heavy atom. The minimum Gasteiger partial charge on any atom is -0.396 e. The Labute approximate surface area is 65.6 Å². The lowest BCUT2D eigenvalue weighted by Gasteiger charge is -2.04. The number of hydrogen-bond donors (Lipinski definition) is 2. The van der Waals surface area contributed by atoms with Crippen molar-refractivity contribution in [3.05, 3.63) is 18.3 Å². The largest absolute Gasteiger partial charge is 0.396 e. The van der Waals surface area contributed by atoms with Crippen LogP contribution in [0.1, 0.15) is 12.8 Å². The second-order valence-electron chi connectivity index (χ2n) is 2.86. The fourth-order valence-corrected chi connectivity index (χ4v) is 0.959. The van der Waals surface area contributed by atoms with Gasteiger partial charge in [-0.1, -0.05) is 0 Å². The van der Waals surface area contributed by atoms with Gasteiger partial charge in [0.15, 0.2) is 0 Å². The molecule has 1 aliphatic carbocycles. The van der Waals surface area contributed by atoms with Crippen LogP contribution >= 0.6 is 0 Å². The first-order valence-electron chi connectivity index (χ1n) is 3.83. The van der Waals surface area contributed by atoms with Crippen molar-refractivity contribution >= 4 is 11.5 Å².